The number of fused-ring (bicyclic) bond motifs is 1. The first-order valence-corrected chi connectivity index (χ1v) is 6.28. The molecule has 0 spiro atoms. The molecule has 0 aliphatic heterocycles. The number of hydrogen-bond donors (Lipinski definition) is 0. The maximum atomic E-state index is 13.6. The molecule has 0 N–H and O–H groups in total. The van der Waals surface area contributed by atoms with Gasteiger partial charge in [0.1, 0.15) is 5.82 Å². The fourth-order valence-electron chi connectivity index (χ4n) is 2.22. The smallest absolute Gasteiger partial charge is 0.131 e. The van der Waals surface area contributed by atoms with Crippen molar-refractivity contribution >= 4 is 10.8 Å². The fourth-order valence-corrected chi connectivity index (χ4v) is 2.22. The fraction of sp³-hybridized carbons (Fsp3) is 0.312. The van der Waals surface area contributed by atoms with Gasteiger partial charge in [-0.25, -0.2) is 4.39 Å². The van der Waals surface area contributed by atoms with Gasteiger partial charge < -0.3 is 0 Å². The average Bonchev–Trinajstić information content (AvgIpc) is 2.36. The lowest BCUT2D eigenvalue weighted by atomic mass is 9.99. The van der Waals surface area contributed by atoms with Crippen LogP contribution in [0.2, 0.25) is 0 Å². The highest BCUT2D eigenvalue weighted by Crippen LogP contribution is 2.23. The Morgan fingerprint density at radius 2 is 1.65 bits per heavy atom. The van der Waals surface area contributed by atoms with Crippen LogP contribution >= 0.6 is 0 Å². The zero-order valence-corrected chi connectivity index (χ0v) is 10.1. The Labute approximate surface area is 102 Å². The maximum Gasteiger partial charge on any atom is 0.131 e. The number of hydrogen-bond acceptors (Lipinski definition) is 0. The van der Waals surface area contributed by atoms with E-state index in [-0.39, 0.29) is 5.82 Å². The first kappa shape index (κ1) is 12.1. The Morgan fingerprint density at radius 1 is 0.882 bits per heavy atom. The van der Waals surface area contributed by atoms with E-state index in [1.165, 1.54) is 24.5 Å². The van der Waals surface area contributed by atoms with Gasteiger partial charge in [0.05, 0.1) is 0 Å². The summed E-state index contributed by atoms with van der Waals surface area (Å²) in [5, 5.41) is 1.80. The molecule has 0 fully saturated rings. The van der Waals surface area contributed by atoms with Crippen molar-refractivity contribution in [2.45, 2.75) is 32.1 Å². The van der Waals surface area contributed by atoms with E-state index in [1.54, 1.807) is 6.07 Å². The number of rotatable bonds is 5. The highest BCUT2D eigenvalue weighted by Gasteiger charge is 2.03. The highest BCUT2D eigenvalue weighted by atomic mass is 19.1. The minimum Gasteiger partial charge on any atom is -0.206 e. The van der Waals surface area contributed by atoms with Crippen molar-refractivity contribution in [3.8, 4) is 0 Å². The maximum absolute atomic E-state index is 13.6. The Kier molecular flexibility index (Phi) is 4.13. The molecule has 2 aromatic rings. The second-order valence-corrected chi connectivity index (χ2v) is 4.42. The Hall–Kier alpha value is -1.37. The largest absolute Gasteiger partial charge is 0.206 e. The molecular formula is C16H18F. The number of aryl methyl sites for hydroxylation is 1. The van der Waals surface area contributed by atoms with E-state index >= 15 is 0 Å². The molecule has 17 heavy (non-hydrogen) atoms. The third kappa shape index (κ3) is 2.85. The van der Waals surface area contributed by atoms with Crippen LogP contribution in [0.15, 0.2) is 36.4 Å². The van der Waals surface area contributed by atoms with Crippen molar-refractivity contribution in [2.75, 3.05) is 0 Å². The van der Waals surface area contributed by atoms with Crippen LogP contribution in [0.5, 0.6) is 0 Å². The van der Waals surface area contributed by atoms with Gasteiger partial charge >= 0.3 is 0 Å². The molecule has 1 heteroatoms. The normalized spacial score (nSPS) is 10.9. The molecule has 1 radical (unpaired) electrons. The molecule has 0 unspecified atom stereocenters. The van der Waals surface area contributed by atoms with Crippen molar-refractivity contribution in [1.29, 1.82) is 0 Å². The summed E-state index contributed by atoms with van der Waals surface area (Å²) in [6.45, 7) is 3.84. The number of unbranched alkanes of at least 4 members (excludes halogenated alkanes) is 3. The van der Waals surface area contributed by atoms with Gasteiger partial charge in [-0.1, -0.05) is 56.5 Å². The topological polar surface area (TPSA) is 0 Å². The Bertz CT molecular complexity index is 488. The van der Waals surface area contributed by atoms with Gasteiger partial charge in [0, 0.05) is 5.39 Å². The molecule has 0 bridgehead atoms. The van der Waals surface area contributed by atoms with Crippen molar-refractivity contribution in [2.24, 2.45) is 0 Å². The second-order valence-electron chi connectivity index (χ2n) is 4.42. The Balaban J connectivity index is 2.19. The SMILES string of the molecule is [CH2]CCCCCc1cccc2c(F)cccc12. The van der Waals surface area contributed by atoms with Crippen LogP contribution in [0.4, 0.5) is 4.39 Å². The van der Waals surface area contributed by atoms with Crippen LogP contribution in [0.1, 0.15) is 31.2 Å². The first-order valence-electron chi connectivity index (χ1n) is 6.28. The van der Waals surface area contributed by atoms with E-state index in [0.29, 0.717) is 0 Å². The van der Waals surface area contributed by atoms with Gasteiger partial charge in [-0.05, 0) is 29.9 Å². The zero-order chi connectivity index (χ0) is 12.1. The van der Waals surface area contributed by atoms with E-state index in [2.05, 4.69) is 13.0 Å². The minimum atomic E-state index is -0.123. The molecule has 0 aliphatic rings. The lowest BCUT2D eigenvalue weighted by Gasteiger charge is -2.07. The molecule has 89 valence electrons. The summed E-state index contributed by atoms with van der Waals surface area (Å²) in [4.78, 5) is 0. The first-order chi connectivity index (χ1) is 8.33. The lowest BCUT2D eigenvalue weighted by molar-refractivity contribution is 0.639. The van der Waals surface area contributed by atoms with Crippen molar-refractivity contribution < 1.29 is 4.39 Å². The zero-order valence-electron chi connectivity index (χ0n) is 10.1. The van der Waals surface area contributed by atoms with E-state index in [4.69, 9.17) is 0 Å². The van der Waals surface area contributed by atoms with Gasteiger partial charge in [-0.2, -0.15) is 0 Å². The lowest BCUT2D eigenvalue weighted by Crippen LogP contribution is -1.89. The molecule has 2 rings (SSSR count). The molecule has 0 aliphatic carbocycles. The molecule has 0 atom stereocenters. The van der Waals surface area contributed by atoms with E-state index in [1.807, 2.05) is 18.2 Å². The van der Waals surface area contributed by atoms with E-state index < -0.39 is 0 Å². The van der Waals surface area contributed by atoms with Gasteiger partial charge in [0.15, 0.2) is 0 Å². The second kappa shape index (κ2) is 5.81. The van der Waals surface area contributed by atoms with Crippen LogP contribution in [-0.4, -0.2) is 0 Å². The van der Waals surface area contributed by atoms with Crippen LogP contribution < -0.4 is 0 Å². The monoisotopic (exact) mass is 229 g/mol. The number of benzene rings is 2. The summed E-state index contributed by atoms with van der Waals surface area (Å²) in [5.41, 5.74) is 1.26. The summed E-state index contributed by atoms with van der Waals surface area (Å²) in [6.07, 6.45) is 5.57. The summed E-state index contributed by atoms with van der Waals surface area (Å²) in [5.74, 6) is -0.123. The van der Waals surface area contributed by atoms with Crippen LogP contribution in [0, 0.1) is 12.7 Å². The summed E-state index contributed by atoms with van der Waals surface area (Å²) < 4.78 is 13.6. The predicted octanol–water partition coefficient (Wildman–Crippen LogP) is 4.92. The summed E-state index contributed by atoms with van der Waals surface area (Å²) in [6, 6.07) is 11.2. The molecule has 0 saturated carbocycles. The summed E-state index contributed by atoms with van der Waals surface area (Å²) in [7, 11) is 0. The molecule has 0 saturated heterocycles. The molecule has 0 amide bonds. The van der Waals surface area contributed by atoms with Crippen LogP contribution in [-0.2, 0) is 6.42 Å². The van der Waals surface area contributed by atoms with Crippen molar-refractivity contribution in [3.63, 3.8) is 0 Å². The average molecular weight is 229 g/mol. The van der Waals surface area contributed by atoms with Gasteiger partial charge in [0.2, 0.25) is 0 Å². The van der Waals surface area contributed by atoms with Crippen molar-refractivity contribution in [3.05, 3.63) is 54.7 Å². The molecule has 2 aromatic carbocycles. The highest BCUT2D eigenvalue weighted by molar-refractivity contribution is 5.86. The Morgan fingerprint density at radius 3 is 2.47 bits per heavy atom. The van der Waals surface area contributed by atoms with Crippen LogP contribution in [0.3, 0.4) is 0 Å². The van der Waals surface area contributed by atoms with Gasteiger partial charge in [-0.15, -0.1) is 0 Å². The summed E-state index contributed by atoms with van der Waals surface area (Å²) >= 11 is 0. The third-order valence-electron chi connectivity index (χ3n) is 3.16. The van der Waals surface area contributed by atoms with Crippen molar-refractivity contribution in [1.82, 2.24) is 0 Å². The predicted molar refractivity (Wildman–Crippen MR) is 71.4 cm³/mol. The van der Waals surface area contributed by atoms with E-state index in [0.717, 1.165) is 30.0 Å². The standard InChI is InChI=1S/C16H18F/c1-2-3-4-5-8-13-9-6-11-15-14(13)10-7-12-16(15)17/h6-7,9-12H,1-5,8H2. The van der Waals surface area contributed by atoms with Gasteiger partial charge in [0.25, 0.3) is 0 Å². The third-order valence-corrected chi connectivity index (χ3v) is 3.16. The molecule has 0 nitrogen and oxygen atoms in total. The quantitative estimate of drug-likeness (QED) is 0.639. The molecular weight excluding hydrogens is 211 g/mol. The minimum absolute atomic E-state index is 0.123. The molecule has 0 aromatic heterocycles. The molecule has 0 heterocycles. The van der Waals surface area contributed by atoms with Gasteiger partial charge in [-0.3, -0.25) is 0 Å². The van der Waals surface area contributed by atoms with E-state index in [9.17, 15) is 4.39 Å². The number of halogens is 1. The van der Waals surface area contributed by atoms with Crippen LogP contribution in [0.25, 0.3) is 10.8 Å².